The Morgan fingerprint density at radius 2 is 1.66 bits per heavy atom. The van der Waals surface area contributed by atoms with Gasteiger partial charge in [0.25, 0.3) is 5.91 Å². The Bertz CT molecular complexity index is 2140. The minimum absolute atomic E-state index is 0.132. The second-order valence-electron chi connectivity index (χ2n) is 12.7. The van der Waals surface area contributed by atoms with E-state index in [4.69, 9.17) is 0 Å². The van der Waals surface area contributed by atoms with Gasteiger partial charge in [-0.25, -0.2) is 9.97 Å². The summed E-state index contributed by atoms with van der Waals surface area (Å²) in [4.78, 5) is 55.9. The summed E-state index contributed by atoms with van der Waals surface area (Å²) in [5.74, 6) is -0.199. The Balaban J connectivity index is 0.908. The molecule has 0 unspecified atom stereocenters. The average molecular weight is 681 g/mol. The van der Waals surface area contributed by atoms with E-state index in [2.05, 4.69) is 54.3 Å². The molecule has 3 amide bonds. The maximum atomic E-state index is 13.5. The number of carbonyl (C=O) groups is 3. The van der Waals surface area contributed by atoms with E-state index in [1.165, 1.54) is 16.3 Å². The third-order valence-electron chi connectivity index (χ3n) is 9.59. The van der Waals surface area contributed by atoms with Gasteiger partial charge in [0.05, 0.1) is 5.69 Å². The fraction of sp³-hybridized carbons (Fsp3) is 0.278. The molecule has 14 heteroatoms. The first-order chi connectivity index (χ1) is 24.1. The van der Waals surface area contributed by atoms with Gasteiger partial charge in [0.15, 0.2) is 5.69 Å². The number of hydrogen-bond donors (Lipinski definition) is 1. The summed E-state index contributed by atoms with van der Waals surface area (Å²) in [6, 6.07) is 19.1. The van der Waals surface area contributed by atoms with Crippen molar-refractivity contribution >= 4 is 40.0 Å². The monoisotopic (exact) mass is 680 g/mol. The molecule has 0 spiro atoms. The summed E-state index contributed by atoms with van der Waals surface area (Å²) in [6.45, 7) is 3.78. The SMILES string of the molecule is O=C1CC[C@H](N2C(=O)c3cccc4c(Cc5ccc(CN6CCN(c7ccnc(-n8cnc(C(F)(F)F)c8)n7)CC6)cc5)ccc2c34)C(=O)N1. The first-order valence-electron chi connectivity index (χ1n) is 16.3. The molecule has 254 valence electrons. The first kappa shape index (κ1) is 31.6. The molecule has 8 rings (SSSR count). The second-order valence-corrected chi connectivity index (χ2v) is 12.7. The van der Waals surface area contributed by atoms with Crippen LogP contribution in [0.4, 0.5) is 24.7 Å². The molecule has 3 aromatic carbocycles. The van der Waals surface area contributed by atoms with Crippen molar-refractivity contribution in [3.05, 3.63) is 107 Å². The zero-order chi connectivity index (χ0) is 34.6. The van der Waals surface area contributed by atoms with Crippen LogP contribution < -0.4 is 15.1 Å². The van der Waals surface area contributed by atoms with Gasteiger partial charge in [0.1, 0.15) is 18.2 Å². The number of hydrogen-bond acceptors (Lipinski definition) is 8. The Hall–Kier alpha value is -5.63. The van der Waals surface area contributed by atoms with Crippen LogP contribution in [0.1, 0.15) is 45.6 Å². The number of amides is 3. The molecule has 0 radical (unpaired) electrons. The average Bonchev–Trinajstić information content (AvgIpc) is 3.72. The molecule has 5 heterocycles. The number of aromatic nitrogens is 4. The van der Waals surface area contributed by atoms with E-state index >= 15 is 0 Å². The number of anilines is 2. The summed E-state index contributed by atoms with van der Waals surface area (Å²) in [6.07, 6.45) is 0.116. The zero-order valence-electron chi connectivity index (χ0n) is 26.7. The number of rotatable bonds is 7. The van der Waals surface area contributed by atoms with Gasteiger partial charge in [-0.1, -0.05) is 42.5 Å². The highest BCUT2D eigenvalue weighted by Crippen LogP contribution is 2.41. The molecule has 3 aliphatic heterocycles. The number of halogens is 3. The molecule has 1 N–H and O–H groups in total. The minimum Gasteiger partial charge on any atom is -0.354 e. The number of alkyl halides is 3. The lowest BCUT2D eigenvalue weighted by Crippen LogP contribution is -2.53. The molecular formula is C36H31F3N8O3. The number of piperazine rings is 1. The molecule has 1 atom stereocenters. The van der Waals surface area contributed by atoms with Gasteiger partial charge < -0.3 is 4.90 Å². The zero-order valence-corrected chi connectivity index (χ0v) is 26.7. The lowest BCUT2D eigenvalue weighted by Gasteiger charge is -2.35. The van der Waals surface area contributed by atoms with Crippen LogP contribution in [0.15, 0.2) is 79.4 Å². The molecule has 50 heavy (non-hydrogen) atoms. The highest BCUT2D eigenvalue weighted by Gasteiger charge is 2.41. The van der Waals surface area contributed by atoms with Gasteiger partial charge in [-0.15, -0.1) is 0 Å². The fourth-order valence-electron chi connectivity index (χ4n) is 7.05. The molecular weight excluding hydrogens is 649 g/mol. The van der Waals surface area contributed by atoms with Crippen molar-refractivity contribution in [2.45, 2.75) is 38.0 Å². The fourth-order valence-corrected chi connectivity index (χ4v) is 7.05. The first-order valence-corrected chi connectivity index (χ1v) is 16.3. The van der Waals surface area contributed by atoms with Crippen molar-refractivity contribution in [2.75, 3.05) is 36.0 Å². The third kappa shape index (κ3) is 5.85. The summed E-state index contributed by atoms with van der Waals surface area (Å²) >= 11 is 0. The quantitative estimate of drug-likeness (QED) is 0.250. The van der Waals surface area contributed by atoms with E-state index in [1.807, 2.05) is 24.3 Å². The van der Waals surface area contributed by atoms with Crippen LogP contribution in [0.5, 0.6) is 0 Å². The summed E-state index contributed by atoms with van der Waals surface area (Å²) in [7, 11) is 0. The van der Waals surface area contributed by atoms with Crippen molar-refractivity contribution in [1.29, 1.82) is 0 Å². The van der Waals surface area contributed by atoms with Gasteiger partial charge in [0, 0.05) is 62.5 Å². The molecule has 3 aliphatic rings. The van der Waals surface area contributed by atoms with Crippen LogP contribution in [-0.4, -0.2) is 74.4 Å². The van der Waals surface area contributed by atoms with Crippen LogP contribution in [0.2, 0.25) is 0 Å². The molecule has 0 aliphatic carbocycles. The topological polar surface area (TPSA) is 117 Å². The highest BCUT2D eigenvalue weighted by molar-refractivity contribution is 6.27. The van der Waals surface area contributed by atoms with Crippen molar-refractivity contribution in [3.8, 4) is 5.95 Å². The van der Waals surface area contributed by atoms with Crippen LogP contribution in [-0.2, 0) is 28.7 Å². The Morgan fingerprint density at radius 1 is 0.880 bits per heavy atom. The molecule has 0 bridgehead atoms. The Morgan fingerprint density at radius 3 is 2.40 bits per heavy atom. The number of benzene rings is 3. The second kappa shape index (κ2) is 12.4. The minimum atomic E-state index is -4.54. The van der Waals surface area contributed by atoms with E-state index in [-0.39, 0.29) is 24.2 Å². The van der Waals surface area contributed by atoms with Crippen LogP contribution in [0.3, 0.4) is 0 Å². The molecule has 5 aromatic rings. The van der Waals surface area contributed by atoms with E-state index in [0.717, 1.165) is 54.1 Å². The van der Waals surface area contributed by atoms with Crippen molar-refractivity contribution < 1.29 is 27.6 Å². The highest BCUT2D eigenvalue weighted by atomic mass is 19.4. The van der Waals surface area contributed by atoms with Crippen LogP contribution >= 0.6 is 0 Å². The number of nitrogens with zero attached hydrogens (tertiary/aromatic N) is 7. The Kier molecular flexibility index (Phi) is 7.82. The molecule has 2 aromatic heterocycles. The number of piperidine rings is 1. The normalized spacial score (nSPS) is 18.3. The van der Waals surface area contributed by atoms with E-state index in [9.17, 15) is 27.6 Å². The molecule has 11 nitrogen and oxygen atoms in total. The Labute approximate surface area is 284 Å². The lowest BCUT2D eigenvalue weighted by molar-refractivity contribution is -0.141. The van der Waals surface area contributed by atoms with E-state index in [0.29, 0.717) is 43.0 Å². The smallest absolute Gasteiger partial charge is 0.354 e. The number of nitrogens with one attached hydrogen (secondary N) is 1. The van der Waals surface area contributed by atoms with Gasteiger partial charge in [-0.2, -0.15) is 18.2 Å². The summed E-state index contributed by atoms with van der Waals surface area (Å²) < 4.78 is 40.2. The number of imide groups is 1. The summed E-state index contributed by atoms with van der Waals surface area (Å²) in [5.41, 5.74) is 3.66. The van der Waals surface area contributed by atoms with Gasteiger partial charge in [-0.05, 0) is 53.1 Å². The van der Waals surface area contributed by atoms with E-state index in [1.54, 1.807) is 17.0 Å². The van der Waals surface area contributed by atoms with E-state index < -0.39 is 23.8 Å². The summed E-state index contributed by atoms with van der Waals surface area (Å²) in [5, 5.41) is 4.18. The maximum absolute atomic E-state index is 13.5. The molecule has 2 fully saturated rings. The lowest BCUT2D eigenvalue weighted by atomic mass is 9.95. The van der Waals surface area contributed by atoms with Crippen LogP contribution in [0.25, 0.3) is 16.7 Å². The largest absolute Gasteiger partial charge is 0.434 e. The van der Waals surface area contributed by atoms with Crippen LogP contribution in [0, 0.1) is 0 Å². The van der Waals surface area contributed by atoms with Crippen molar-refractivity contribution in [1.82, 2.24) is 29.7 Å². The predicted molar refractivity (Wildman–Crippen MR) is 178 cm³/mol. The number of carbonyl (C=O) groups excluding carboxylic acids is 3. The number of imidazole rings is 1. The standard InChI is InChI=1S/C36H31F3N8O3/c37-36(38,39)29-20-46(21-41-29)35-40-13-12-30(42-35)45-16-14-44(15-17-45)19-23-6-4-22(5-7-23)18-24-8-9-27-32-25(24)2-1-3-26(32)34(50)47(27)28-10-11-31(48)43-33(28)49/h1-9,12-13,20-21,28H,10-11,14-19H2,(H,43,48,49)/t28-/m0/s1. The van der Waals surface area contributed by atoms with Gasteiger partial charge in [-0.3, -0.25) is 34.1 Å². The third-order valence-corrected chi connectivity index (χ3v) is 9.59. The van der Waals surface area contributed by atoms with Gasteiger partial charge in [0.2, 0.25) is 17.8 Å². The van der Waals surface area contributed by atoms with Crippen molar-refractivity contribution in [3.63, 3.8) is 0 Å². The van der Waals surface area contributed by atoms with Crippen molar-refractivity contribution in [2.24, 2.45) is 0 Å². The van der Waals surface area contributed by atoms with Gasteiger partial charge >= 0.3 is 6.18 Å². The predicted octanol–water partition coefficient (Wildman–Crippen LogP) is 4.51. The molecule has 2 saturated heterocycles. The molecule has 0 saturated carbocycles. The maximum Gasteiger partial charge on any atom is 0.434 e.